The normalized spacial score (nSPS) is 10.1. The molecule has 2 rings (SSSR count). The number of carbonyl (C=O) groups excluding carboxylic acids is 2. The highest BCUT2D eigenvalue weighted by Gasteiger charge is 2.11. The molecule has 2 aromatic rings. The van der Waals surface area contributed by atoms with Gasteiger partial charge in [0.05, 0.1) is 12.2 Å². The number of amides is 1. The molecule has 0 saturated carbocycles. The van der Waals surface area contributed by atoms with Crippen LogP contribution in [0.2, 0.25) is 0 Å². The maximum Gasteiger partial charge on any atom is 0.340 e. The Labute approximate surface area is 149 Å². The summed E-state index contributed by atoms with van der Waals surface area (Å²) in [4.78, 5) is 23.8. The lowest BCUT2D eigenvalue weighted by atomic mass is 10.1. The van der Waals surface area contributed by atoms with E-state index in [-0.39, 0.29) is 18.3 Å². The minimum atomic E-state index is -0.375. The van der Waals surface area contributed by atoms with Gasteiger partial charge in [0.15, 0.2) is 0 Å². The molecule has 0 heterocycles. The number of rotatable bonds is 7. The SMILES string of the molecule is CCOC(=O)c1ccccc1NCCC(=O)Nc1ccc(Br)cc1. The maximum atomic E-state index is 12.0. The predicted molar refractivity (Wildman–Crippen MR) is 98.3 cm³/mol. The van der Waals surface area contributed by atoms with Crippen molar-refractivity contribution < 1.29 is 14.3 Å². The molecule has 0 atom stereocenters. The second-order valence-corrected chi connectivity index (χ2v) is 5.91. The lowest BCUT2D eigenvalue weighted by Crippen LogP contribution is -2.17. The molecule has 2 N–H and O–H groups in total. The van der Waals surface area contributed by atoms with E-state index in [1.807, 2.05) is 30.3 Å². The van der Waals surface area contributed by atoms with E-state index in [0.29, 0.717) is 24.4 Å². The van der Waals surface area contributed by atoms with E-state index in [1.165, 1.54) is 0 Å². The third kappa shape index (κ3) is 5.38. The summed E-state index contributed by atoms with van der Waals surface area (Å²) in [6.45, 7) is 2.50. The Morgan fingerprint density at radius 2 is 1.79 bits per heavy atom. The van der Waals surface area contributed by atoms with Crippen molar-refractivity contribution in [2.75, 3.05) is 23.8 Å². The molecule has 1 amide bonds. The van der Waals surface area contributed by atoms with E-state index in [2.05, 4.69) is 26.6 Å². The Hall–Kier alpha value is -2.34. The number of hydrogen-bond donors (Lipinski definition) is 2. The quantitative estimate of drug-likeness (QED) is 0.699. The molecule has 2 aromatic carbocycles. The van der Waals surface area contributed by atoms with Crippen LogP contribution in [-0.4, -0.2) is 25.0 Å². The number of halogens is 1. The summed E-state index contributed by atoms with van der Waals surface area (Å²) in [5.41, 5.74) is 1.87. The van der Waals surface area contributed by atoms with Crippen LogP contribution in [0.1, 0.15) is 23.7 Å². The number of benzene rings is 2. The molecule has 5 nitrogen and oxygen atoms in total. The Morgan fingerprint density at radius 3 is 2.50 bits per heavy atom. The summed E-state index contributed by atoms with van der Waals surface area (Å²) in [5.74, 6) is -0.474. The van der Waals surface area contributed by atoms with Crippen LogP contribution in [0, 0.1) is 0 Å². The number of nitrogens with one attached hydrogen (secondary N) is 2. The van der Waals surface area contributed by atoms with Gasteiger partial charge in [-0.05, 0) is 43.3 Å². The molecule has 0 fully saturated rings. The minimum Gasteiger partial charge on any atom is -0.462 e. The van der Waals surface area contributed by atoms with E-state index in [4.69, 9.17) is 4.74 Å². The fourth-order valence-electron chi connectivity index (χ4n) is 2.09. The van der Waals surface area contributed by atoms with E-state index < -0.39 is 0 Å². The summed E-state index contributed by atoms with van der Waals surface area (Å²) in [6.07, 6.45) is 0.285. The third-order valence-electron chi connectivity index (χ3n) is 3.22. The minimum absolute atomic E-state index is 0.0987. The van der Waals surface area contributed by atoms with Gasteiger partial charge in [0.2, 0.25) is 5.91 Å². The zero-order chi connectivity index (χ0) is 17.4. The largest absolute Gasteiger partial charge is 0.462 e. The van der Waals surface area contributed by atoms with Gasteiger partial charge >= 0.3 is 5.97 Å². The van der Waals surface area contributed by atoms with Crippen molar-refractivity contribution in [1.82, 2.24) is 0 Å². The second-order valence-electron chi connectivity index (χ2n) is 5.00. The van der Waals surface area contributed by atoms with Crippen LogP contribution in [0.5, 0.6) is 0 Å². The van der Waals surface area contributed by atoms with E-state index in [1.54, 1.807) is 25.1 Å². The number of hydrogen-bond acceptors (Lipinski definition) is 4. The summed E-state index contributed by atoms with van der Waals surface area (Å²) in [7, 11) is 0. The lowest BCUT2D eigenvalue weighted by molar-refractivity contribution is -0.115. The van der Waals surface area contributed by atoms with Crippen molar-refractivity contribution in [3.05, 3.63) is 58.6 Å². The lowest BCUT2D eigenvalue weighted by Gasteiger charge is -2.11. The van der Waals surface area contributed by atoms with Crippen LogP contribution in [0.4, 0.5) is 11.4 Å². The standard InChI is InChI=1S/C18H19BrN2O3/c1-2-24-18(23)15-5-3-4-6-16(15)20-12-11-17(22)21-14-9-7-13(19)8-10-14/h3-10,20H,2,11-12H2,1H3,(H,21,22). The Balaban J connectivity index is 1.86. The summed E-state index contributed by atoms with van der Waals surface area (Å²) >= 11 is 3.35. The van der Waals surface area contributed by atoms with Gasteiger partial charge in [-0.15, -0.1) is 0 Å². The summed E-state index contributed by atoms with van der Waals surface area (Å²) < 4.78 is 5.98. The highest BCUT2D eigenvalue weighted by molar-refractivity contribution is 9.10. The predicted octanol–water partition coefficient (Wildman–Crippen LogP) is 4.07. The summed E-state index contributed by atoms with van der Waals surface area (Å²) in [6, 6.07) is 14.5. The molecule has 0 aromatic heterocycles. The molecule has 0 saturated heterocycles. The van der Waals surface area contributed by atoms with E-state index in [0.717, 1.165) is 10.2 Å². The second kappa shape index (κ2) is 9.08. The molecule has 0 aliphatic heterocycles. The van der Waals surface area contributed by atoms with Gasteiger partial charge in [-0.3, -0.25) is 4.79 Å². The van der Waals surface area contributed by atoms with Crippen molar-refractivity contribution in [1.29, 1.82) is 0 Å². The van der Waals surface area contributed by atoms with Gasteiger partial charge < -0.3 is 15.4 Å². The van der Waals surface area contributed by atoms with Gasteiger partial charge in [-0.1, -0.05) is 28.1 Å². The maximum absolute atomic E-state index is 12.0. The van der Waals surface area contributed by atoms with Crippen molar-refractivity contribution in [3.8, 4) is 0 Å². The van der Waals surface area contributed by atoms with Gasteiger partial charge in [0.1, 0.15) is 0 Å². The zero-order valence-corrected chi connectivity index (χ0v) is 14.9. The number of esters is 1. The molecule has 0 aliphatic rings. The van der Waals surface area contributed by atoms with E-state index >= 15 is 0 Å². The van der Waals surface area contributed by atoms with Gasteiger partial charge in [-0.25, -0.2) is 4.79 Å². The van der Waals surface area contributed by atoms with Gasteiger partial charge in [0, 0.05) is 28.8 Å². The number of ether oxygens (including phenoxy) is 1. The van der Waals surface area contributed by atoms with Crippen LogP contribution in [0.3, 0.4) is 0 Å². The van der Waals surface area contributed by atoms with Crippen LogP contribution in [0.25, 0.3) is 0 Å². The average Bonchev–Trinajstić information content (AvgIpc) is 2.57. The number of carbonyl (C=O) groups is 2. The Bertz CT molecular complexity index is 702. The highest BCUT2D eigenvalue weighted by atomic mass is 79.9. The average molecular weight is 391 g/mol. The smallest absolute Gasteiger partial charge is 0.340 e. The highest BCUT2D eigenvalue weighted by Crippen LogP contribution is 2.17. The van der Waals surface area contributed by atoms with Gasteiger partial charge in [-0.2, -0.15) is 0 Å². The van der Waals surface area contributed by atoms with Crippen LogP contribution < -0.4 is 10.6 Å². The summed E-state index contributed by atoms with van der Waals surface area (Å²) in [5, 5.41) is 5.93. The Morgan fingerprint density at radius 1 is 1.08 bits per heavy atom. The number of anilines is 2. The topological polar surface area (TPSA) is 67.4 Å². The molecule has 0 bridgehead atoms. The monoisotopic (exact) mass is 390 g/mol. The van der Waals surface area contributed by atoms with Crippen molar-refractivity contribution in [2.45, 2.75) is 13.3 Å². The van der Waals surface area contributed by atoms with E-state index in [9.17, 15) is 9.59 Å². The molecule has 0 unspecified atom stereocenters. The molecule has 0 radical (unpaired) electrons. The van der Waals surface area contributed by atoms with Crippen molar-refractivity contribution >= 4 is 39.2 Å². The Kier molecular flexibility index (Phi) is 6.81. The molecule has 126 valence electrons. The molecular formula is C18H19BrN2O3. The first-order valence-electron chi connectivity index (χ1n) is 7.65. The molecule has 24 heavy (non-hydrogen) atoms. The zero-order valence-electron chi connectivity index (χ0n) is 13.3. The van der Waals surface area contributed by atoms with Crippen molar-refractivity contribution in [2.24, 2.45) is 0 Å². The first-order valence-corrected chi connectivity index (χ1v) is 8.45. The van der Waals surface area contributed by atoms with Crippen LogP contribution >= 0.6 is 15.9 Å². The fraction of sp³-hybridized carbons (Fsp3) is 0.222. The molecule has 0 spiro atoms. The first-order chi connectivity index (χ1) is 11.6. The fourth-order valence-corrected chi connectivity index (χ4v) is 2.36. The van der Waals surface area contributed by atoms with Crippen LogP contribution in [-0.2, 0) is 9.53 Å². The van der Waals surface area contributed by atoms with Crippen molar-refractivity contribution in [3.63, 3.8) is 0 Å². The molecule has 6 heteroatoms. The molecular weight excluding hydrogens is 372 g/mol. The van der Waals surface area contributed by atoms with Gasteiger partial charge in [0.25, 0.3) is 0 Å². The van der Waals surface area contributed by atoms with Crippen LogP contribution in [0.15, 0.2) is 53.0 Å². The molecule has 0 aliphatic carbocycles. The third-order valence-corrected chi connectivity index (χ3v) is 3.75. The first kappa shape index (κ1) is 18.0. The number of para-hydroxylation sites is 1.